The average Bonchev–Trinajstić information content (AvgIpc) is 3.15. The number of phenols is 1. The molecule has 1 saturated heterocycles. The highest BCUT2D eigenvalue weighted by Gasteiger charge is 2.47. The van der Waals surface area contributed by atoms with Gasteiger partial charge in [0.2, 0.25) is 0 Å². The zero-order valence-electron chi connectivity index (χ0n) is 20.8. The van der Waals surface area contributed by atoms with E-state index < -0.39 is 17.7 Å². The van der Waals surface area contributed by atoms with Crippen LogP contribution in [0.25, 0.3) is 5.76 Å². The Kier molecular flexibility index (Phi) is 7.74. The summed E-state index contributed by atoms with van der Waals surface area (Å²) in [6.45, 7) is 6.31. The first-order valence-corrected chi connectivity index (χ1v) is 12.4. The molecular formula is C29H28ClNO6. The Balaban J connectivity index is 1.95. The highest BCUT2D eigenvalue weighted by Crippen LogP contribution is 2.45. The molecule has 2 N–H and O–H groups in total. The monoisotopic (exact) mass is 521 g/mol. The maximum absolute atomic E-state index is 13.5. The molecule has 1 unspecified atom stereocenters. The van der Waals surface area contributed by atoms with Gasteiger partial charge in [0.25, 0.3) is 11.7 Å². The first-order valence-electron chi connectivity index (χ1n) is 12.0. The Bertz CT molecular complexity index is 1380. The zero-order chi connectivity index (χ0) is 26.7. The molecule has 1 atom stereocenters. The smallest absolute Gasteiger partial charge is 0.300 e. The minimum atomic E-state index is -1.00. The van der Waals surface area contributed by atoms with Crippen molar-refractivity contribution >= 4 is 34.7 Å². The van der Waals surface area contributed by atoms with Crippen molar-refractivity contribution < 1.29 is 29.3 Å². The summed E-state index contributed by atoms with van der Waals surface area (Å²) in [6, 6.07) is 15.4. The third-order valence-electron chi connectivity index (χ3n) is 6.12. The van der Waals surface area contributed by atoms with E-state index in [-0.39, 0.29) is 22.8 Å². The van der Waals surface area contributed by atoms with Gasteiger partial charge in [0, 0.05) is 16.3 Å². The van der Waals surface area contributed by atoms with E-state index in [0.29, 0.717) is 46.4 Å². The molecular weight excluding hydrogens is 494 g/mol. The summed E-state index contributed by atoms with van der Waals surface area (Å²) >= 11 is 6.36. The summed E-state index contributed by atoms with van der Waals surface area (Å²) in [4.78, 5) is 28.3. The zero-order valence-corrected chi connectivity index (χ0v) is 21.6. The van der Waals surface area contributed by atoms with E-state index in [4.69, 9.17) is 21.1 Å². The van der Waals surface area contributed by atoms with Gasteiger partial charge in [-0.2, -0.15) is 0 Å². The maximum Gasteiger partial charge on any atom is 0.300 e. The SMILES string of the molecule is CCCOc1cccc(/C(O)=C2\C(=O)C(=O)N(c3cccc(Cl)c3C)C2c2ccc(O)c(OCC)c2)c1. The number of halogens is 1. The number of rotatable bonds is 8. The minimum Gasteiger partial charge on any atom is -0.507 e. The number of nitrogens with zero attached hydrogens (tertiary/aromatic N) is 1. The van der Waals surface area contributed by atoms with E-state index in [9.17, 15) is 19.8 Å². The van der Waals surface area contributed by atoms with Crippen LogP contribution in [0.2, 0.25) is 5.02 Å². The number of ether oxygens (including phenoxy) is 2. The van der Waals surface area contributed by atoms with Crippen LogP contribution in [0.1, 0.15) is 43.0 Å². The molecule has 1 aliphatic heterocycles. The fraction of sp³-hybridized carbons (Fsp3) is 0.241. The van der Waals surface area contributed by atoms with Crippen LogP contribution in [-0.2, 0) is 9.59 Å². The molecule has 0 aromatic heterocycles. The van der Waals surface area contributed by atoms with Crippen LogP contribution >= 0.6 is 11.6 Å². The van der Waals surface area contributed by atoms with Gasteiger partial charge in [-0.05, 0) is 67.8 Å². The van der Waals surface area contributed by atoms with Crippen molar-refractivity contribution in [1.29, 1.82) is 0 Å². The van der Waals surface area contributed by atoms with Crippen molar-refractivity contribution in [1.82, 2.24) is 0 Å². The van der Waals surface area contributed by atoms with Gasteiger partial charge in [0.05, 0.1) is 24.8 Å². The fourth-order valence-electron chi connectivity index (χ4n) is 4.33. The normalized spacial score (nSPS) is 16.8. The second-order valence-electron chi connectivity index (χ2n) is 8.59. The third kappa shape index (κ3) is 5.00. The number of anilines is 1. The fourth-order valence-corrected chi connectivity index (χ4v) is 4.50. The number of benzene rings is 3. The Morgan fingerprint density at radius 1 is 1.03 bits per heavy atom. The van der Waals surface area contributed by atoms with Crippen LogP contribution < -0.4 is 14.4 Å². The van der Waals surface area contributed by atoms with Gasteiger partial charge in [-0.25, -0.2) is 0 Å². The Labute approximate surface area is 220 Å². The molecule has 0 spiro atoms. The first-order chi connectivity index (χ1) is 17.8. The molecule has 37 heavy (non-hydrogen) atoms. The summed E-state index contributed by atoms with van der Waals surface area (Å²) in [5.41, 5.74) is 1.76. The molecule has 7 nitrogen and oxygen atoms in total. The van der Waals surface area contributed by atoms with Crippen molar-refractivity contribution in [2.45, 2.75) is 33.2 Å². The number of hydrogen-bond donors (Lipinski definition) is 2. The molecule has 0 aliphatic carbocycles. The van der Waals surface area contributed by atoms with Crippen LogP contribution in [0.4, 0.5) is 5.69 Å². The molecule has 0 radical (unpaired) electrons. The summed E-state index contributed by atoms with van der Waals surface area (Å²) in [5, 5.41) is 22.1. The number of carbonyl (C=O) groups is 2. The minimum absolute atomic E-state index is 0.0812. The average molecular weight is 522 g/mol. The summed E-state index contributed by atoms with van der Waals surface area (Å²) in [7, 11) is 0. The van der Waals surface area contributed by atoms with Crippen LogP contribution in [0, 0.1) is 6.92 Å². The van der Waals surface area contributed by atoms with Crippen molar-refractivity contribution in [2.24, 2.45) is 0 Å². The molecule has 1 aliphatic rings. The van der Waals surface area contributed by atoms with Gasteiger partial charge >= 0.3 is 0 Å². The predicted molar refractivity (Wildman–Crippen MR) is 142 cm³/mol. The highest BCUT2D eigenvalue weighted by molar-refractivity contribution is 6.52. The highest BCUT2D eigenvalue weighted by atomic mass is 35.5. The maximum atomic E-state index is 13.5. The van der Waals surface area contributed by atoms with Crippen molar-refractivity contribution in [3.05, 3.63) is 87.9 Å². The second kappa shape index (κ2) is 11.0. The van der Waals surface area contributed by atoms with Gasteiger partial charge < -0.3 is 19.7 Å². The molecule has 8 heteroatoms. The molecule has 0 bridgehead atoms. The number of phenolic OH excluding ortho intramolecular Hbond substituents is 1. The number of ketones is 1. The predicted octanol–water partition coefficient (Wildman–Crippen LogP) is 6.17. The van der Waals surface area contributed by atoms with E-state index in [0.717, 1.165) is 6.42 Å². The van der Waals surface area contributed by atoms with Gasteiger partial charge in [-0.15, -0.1) is 0 Å². The van der Waals surface area contributed by atoms with E-state index in [2.05, 4.69) is 0 Å². The molecule has 3 aromatic carbocycles. The van der Waals surface area contributed by atoms with Crippen molar-refractivity contribution in [2.75, 3.05) is 18.1 Å². The van der Waals surface area contributed by atoms with Gasteiger partial charge in [0.15, 0.2) is 11.5 Å². The summed E-state index contributed by atoms with van der Waals surface area (Å²) < 4.78 is 11.2. The lowest BCUT2D eigenvalue weighted by molar-refractivity contribution is -0.132. The van der Waals surface area contributed by atoms with E-state index in [1.165, 1.54) is 11.0 Å². The lowest BCUT2D eigenvalue weighted by Gasteiger charge is -2.27. The second-order valence-corrected chi connectivity index (χ2v) is 9.00. The molecule has 192 valence electrons. The number of hydrogen-bond acceptors (Lipinski definition) is 6. The third-order valence-corrected chi connectivity index (χ3v) is 6.53. The van der Waals surface area contributed by atoms with E-state index >= 15 is 0 Å². The number of Topliss-reactive ketones (excluding diaryl/α,β-unsaturated/α-hetero) is 1. The quantitative estimate of drug-likeness (QED) is 0.209. The summed E-state index contributed by atoms with van der Waals surface area (Å²) in [6.07, 6.45) is 0.809. The number of carbonyl (C=O) groups excluding carboxylic acids is 2. The van der Waals surface area contributed by atoms with Crippen molar-refractivity contribution in [3.8, 4) is 17.2 Å². The Morgan fingerprint density at radius 2 is 1.78 bits per heavy atom. The summed E-state index contributed by atoms with van der Waals surface area (Å²) in [5.74, 6) is -1.33. The van der Waals surface area contributed by atoms with Gasteiger partial charge in [0.1, 0.15) is 11.5 Å². The molecule has 3 aromatic rings. The Hall–Kier alpha value is -3.97. The van der Waals surface area contributed by atoms with Crippen LogP contribution in [0.3, 0.4) is 0 Å². The molecule has 1 amide bonds. The number of aliphatic hydroxyl groups is 1. The first kappa shape index (κ1) is 26.1. The van der Waals surface area contributed by atoms with Crippen molar-refractivity contribution in [3.63, 3.8) is 0 Å². The largest absolute Gasteiger partial charge is 0.507 e. The van der Waals surface area contributed by atoms with E-state index in [1.807, 2.05) is 6.92 Å². The standard InChI is InChI=1S/C29H28ClNO6/c1-4-14-37-20-9-6-8-19(15-20)27(33)25-26(18-12-13-23(32)24(16-18)36-5-2)31(29(35)28(25)34)22-11-7-10-21(30)17(22)3/h6-13,15-16,26,32-33H,4-5,14H2,1-3H3/b27-25+. The van der Waals surface area contributed by atoms with E-state index in [1.54, 1.807) is 68.4 Å². The lowest BCUT2D eigenvalue weighted by Crippen LogP contribution is -2.30. The topological polar surface area (TPSA) is 96.3 Å². The van der Waals surface area contributed by atoms with Crippen LogP contribution in [-0.4, -0.2) is 35.1 Å². The molecule has 4 rings (SSSR count). The Morgan fingerprint density at radius 3 is 2.51 bits per heavy atom. The molecule has 1 heterocycles. The lowest BCUT2D eigenvalue weighted by atomic mass is 9.94. The van der Waals surface area contributed by atoms with Gasteiger partial charge in [-0.1, -0.05) is 42.8 Å². The number of amides is 1. The number of aromatic hydroxyl groups is 1. The van der Waals surface area contributed by atoms with Crippen LogP contribution in [0.15, 0.2) is 66.2 Å². The number of aliphatic hydroxyl groups excluding tert-OH is 1. The van der Waals surface area contributed by atoms with Crippen LogP contribution in [0.5, 0.6) is 17.2 Å². The molecule has 0 saturated carbocycles. The molecule has 1 fully saturated rings. The van der Waals surface area contributed by atoms with Gasteiger partial charge in [-0.3, -0.25) is 14.5 Å².